The SMILES string of the molecule is CCCCCCCC/C=C\CCCCCCCC(N)=O.CC[SiH2]CCCN(C)C. The molecule has 0 spiro atoms. The van der Waals surface area contributed by atoms with Gasteiger partial charge < -0.3 is 10.6 Å². The highest BCUT2D eigenvalue weighted by Gasteiger charge is 1.94. The molecule has 0 saturated carbocycles. The largest absolute Gasteiger partial charge is 0.370 e. The molecule has 3 nitrogen and oxygen atoms in total. The zero-order valence-corrected chi connectivity index (χ0v) is 21.9. The fourth-order valence-electron chi connectivity index (χ4n) is 3.22. The molecular formula is C25H54N2OSi. The van der Waals surface area contributed by atoms with Gasteiger partial charge >= 0.3 is 0 Å². The second kappa shape index (κ2) is 27.4. The van der Waals surface area contributed by atoms with E-state index in [0.717, 1.165) is 12.8 Å². The van der Waals surface area contributed by atoms with Crippen LogP contribution in [0.2, 0.25) is 12.1 Å². The Morgan fingerprint density at radius 3 is 1.79 bits per heavy atom. The minimum absolute atomic E-state index is 0.164. The van der Waals surface area contributed by atoms with Crippen molar-refractivity contribution in [2.75, 3.05) is 20.6 Å². The van der Waals surface area contributed by atoms with Gasteiger partial charge in [-0.15, -0.1) is 0 Å². The number of hydrogen-bond acceptors (Lipinski definition) is 2. The molecule has 0 rings (SSSR count). The van der Waals surface area contributed by atoms with Crippen LogP contribution in [0.15, 0.2) is 12.2 Å². The first-order valence-electron chi connectivity index (χ1n) is 12.6. The van der Waals surface area contributed by atoms with Gasteiger partial charge in [-0.3, -0.25) is 4.79 Å². The van der Waals surface area contributed by atoms with Gasteiger partial charge in [-0.1, -0.05) is 89.5 Å². The zero-order chi connectivity index (χ0) is 22.0. The summed E-state index contributed by atoms with van der Waals surface area (Å²) in [4.78, 5) is 12.8. The number of allylic oxidation sites excluding steroid dienone is 2. The van der Waals surface area contributed by atoms with Crippen molar-refractivity contribution >= 4 is 15.4 Å². The van der Waals surface area contributed by atoms with E-state index in [9.17, 15) is 4.79 Å². The second-order valence-corrected chi connectivity index (χ2v) is 11.1. The summed E-state index contributed by atoms with van der Waals surface area (Å²) in [5, 5.41) is 0. The third-order valence-corrected chi connectivity index (χ3v) is 6.85. The number of hydrogen-bond donors (Lipinski definition) is 1. The number of amides is 1. The quantitative estimate of drug-likeness (QED) is 0.138. The molecule has 0 aromatic carbocycles. The molecule has 0 fully saturated rings. The summed E-state index contributed by atoms with van der Waals surface area (Å²) < 4.78 is 0. The predicted molar refractivity (Wildman–Crippen MR) is 136 cm³/mol. The van der Waals surface area contributed by atoms with E-state index in [1.807, 2.05) is 0 Å². The molecule has 0 aliphatic rings. The molecule has 0 unspecified atom stereocenters. The molecule has 174 valence electrons. The first-order valence-corrected chi connectivity index (χ1v) is 14.6. The van der Waals surface area contributed by atoms with Crippen LogP contribution in [-0.4, -0.2) is 41.0 Å². The molecule has 0 aromatic heterocycles. The van der Waals surface area contributed by atoms with Crippen molar-refractivity contribution in [3.63, 3.8) is 0 Å². The Morgan fingerprint density at radius 1 is 0.793 bits per heavy atom. The lowest BCUT2D eigenvalue weighted by atomic mass is 10.1. The normalized spacial score (nSPS) is 11.5. The van der Waals surface area contributed by atoms with Crippen LogP contribution in [0.3, 0.4) is 0 Å². The van der Waals surface area contributed by atoms with Gasteiger partial charge in [-0.2, -0.15) is 0 Å². The molecule has 0 saturated heterocycles. The van der Waals surface area contributed by atoms with Crippen molar-refractivity contribution in [1.29, 1.82) is 0 Å². The summed E-state index contributed by atoms with van der Waals surface area (Å²) in [5.74, 6) is -0.164. The first kappa shape index (κ1) is 30.6. The van der Waals surface area contributed by atoms with Crippen molar-refractivity contribution in [1.82, 2.24) is 4.90 Å². The Morgan fingerprint density at radius 2 is 1.31 bits per heavy atom. The van der Waals surface area contributed by atoms with E-state index in [-0.39, 0.29) is 5.91 Å². The highest BCUT2D eigenvalue weighted by atomic mass is 28.2. The Kier molecular flexibility index (Phi) is 28.9. The smallest absolute Gasteiger partial charge is 0.217 e. The molecule has 0 aliphatic heterocycles. The van der Waals surface area contributed by atoms with E-state index >= 15 is 0 Å². The highest BCUT2D eigenvalue weighted by molar-refractivity contribution is 6.35. The molecule has 0 aliphatic carbocycles. The van der Waals surface area contributed by atoms with Gasteiger partial charge in [0.2, 0.25) is 5.91 Å². The second-order valence-electron chi connectivity index (χ2n) is 8.66. The van der Waals surface area contributed by atoms with Gasteiger partial charge in [-0.05, 0) is 59.2 Å². The minimum Gasteiger partial charge on any atom is -0.370 e. The van der Waals surface area contributed by atoms with Crippen molar-refractivity contribution in [3.8, 4) is 0 Å². The van der Waals surface area contributed by atoms with Crippen LogP contribution in [0.1, 0.15) is 110 Å². The molecule has 0 heterocycles. The predicted octanol–water partition coefficient (Wildman–Crippen LogP) is 6.47. The fourth-order valence-corrected chi connectivity index (χ4v) is 4.30. The van der Waals surface area contributed by atoms with Crippen molar-refractivity contribution in [2.24, 2.45) is 5.73 Å². The van der Waals surface area contributed by atoms with Crippen LogP contribution in [0.5, 0.6) is 0 Å². The topological polar surface area (TPSA) is 46.3 Å². The number of unbranched alkanes of at least 4 members (excludes halogenated alkanes) is 11. The van der Waals surface area contributed by atoms with Crippen LogP contribution in [0.25, 0.3) is 0 Å². The minimum atomic E-state index is -0.164. The van der Waals surface area contributed by atoms with E-state index in [4.69, 9.17) is 5.73 Å². The molecule has 2 N–H and O–H groups in total. The molecular weight excluding hydrogens is 372 g/mol. The van der Waals surface area contributed by atoms with Crippen molar-refractivity contribution < 1.29 is 4.79 Å². The Labute approximate surface area is 186 Å². The Bertz CT molecular complexity index is 346. The van der Waals surface area contributed by atoms with E-state index in [1.165, 1.54) is 95.7 Å². The summed E-state index contributed by atoms with van der Waals surface area (Å²) in [6.45, 7) is 5.86. The molecule has 1 amide bonds. The van der Waals surface area contributed by atoms with Crippen LogP contribution < -0.4 is 5.73 Å². The van der Waals surface area contributed by atoms with Crippen LogP contribution in [0.4, 0.5) is 0 Å². The van der Waals surface area contributed by atoms with E-state index in [1.54, 1.807) is 0 Å². The van der Waals surface area contributed by atoms with Gasteiger partial charge in [0.25, 0.3) is 0 Å². The maximum absolute atomic E-state index is 10.5. The lowest BCUT2D eigenvalue weighted by Gasteiger charge is -2.07. The number of nitrogens with two attached hydrogens (primary N) is 1. The molecule has 29 heavy (non-hydrogen) atoms. The summed E-state index contributed by atoms with van der Waals surface area (Å²) in [5.41, 5.74) is 5.10. The highest BCUT2D eigenvalue weighted by Crippen LogP contribution is 2.09. The summed E-state index contributed by atoms with van der Waals surface area (Å²) in [7, 11) is 4.64. The average molecular weight is 427 g/mol. The van der Waals surface area contributed by atoms with Gasteiger partial charge in [0.05, 0.1) is 0 Å². The number of carbonyl (C=O) groups is 1. The van der Waals surface area contributed by atoms with Crippen LogP contribution >= 0.6 is 0 Å². The van der Waals surface area contributed by atoms with Crippen molar-refractivity contribution in [2.45, 2.75) is 122 Å². The van der Waals surface area contributed by atoms with Gasteiger partial charge in [0.1, 0.15) is 0 Å². The average Bonchev–Trinajstić information content (AvgIpc) is 2.68. The lowest BCUT2D eigenvalue weighted by Crippen LogP contribution is -2.13. The van der Waals surface area contributed by atoms with Gasteiger partial charge in [-0.25, -0.2) is 0 Å². The Balaban J connectivity index is 0. The van der Waals surface area contributed by atoms with Gasteiger partial charge in [0.15, 0.2) is 0 Å². The van der Waals surface area contributed by atoms with E-state index in [2.05, 4.69) is 45.0 Å². The maximum Gasteiger partial charge on any atom is 0.217 e. The molecule has 0 radical (unpaired) electrons. The molecule has 0 atom stereocenters. The standard InChI is InChI=1S/C18H35NO.C7H19NSi/c1-2-3-4-5-6-7-8-9-10-11-12-13-14-15-16-17-18(19)20;1-4-9-7-5-6-8(2)3/h9-10H,2-8,11-17H2,1H3,(H2,19,20);4-7,9H2,1-3H3/b10-9-;. The van der Waals surface area contributed by atoms with Gasteiger partial charge in [0, 0.05) is 15.9 Å². The lowest BCUT2D eigenvalue weighted by molar-refractivity contribution is -0.118. The third-order valence-electron chi connectivity index (χ3n) is 5.14. The maximum atomic E-state index is 10.5. The summed E-state index contributed by atoms with van der Waals surface area (Å²) in [6, 6.07) is 3.02. The molecule has 0 aromatic rings. The van der Waals surface area contributed by atoms with Crippen LogP contribution in [0, 0.1) is 0 Å². The first-order chi connectivity index (χ1) is 14.0. The molecule has 4 heteroatoms. The van der Waals surface area contributed by atoms with Crippen LogP contribution in [-0.2, 0) is 4.79 Å². The Hall–Kier alpha value is -0.613. The van der Waals surface area contributed by atoms with E-state index < -0.39 is 0 Å². The number of nitrogens with zero attached hydrogens (tertiary/aromatic N) is 1. The number of carbonyl (C=O) groups excluding carboxylic acids is 1. The fraction of sp³-hybridized carbons (Fsp3) is 0.880. The number of rotatable bonds is 20. The van der Waals surface area contributed by atoms with E-state index in [0.29, 0.717) is 15.9 Å². The monoisotopic (exact) mass is 426 g/mol. The summed E-state index contributed by atoms with van der Waals surface area (Å²) in [6.07, 6.45) is 23.3. The zero-order valence-electron chi connectivity index (χ0n) is 20.5. The third kappa shape index (κ3) is 35.2. The summed E-state index contributed by atoms with van der Waals surface area (Å²) >= 11 is 0. The molecule has 0 bridgehead atoms. The number of primary amides is 1. The van der Waals surface area contributed by atoms with Crippen molar-refractivity contribution in [3.05, 3.63) is 12.2 Å².